The lowest BCUT2D eigenvalue weighted by molar-refractivity contribution is 0.0554. The minimum absolute atomic E-state index is 0.0246. The molecule has 32 heavy (non-hydrogen) atoms. The van der Waals surface area contributed by atoms with Gasteiger partial charge in [0.15, 0.2) is 5.78 Å². The van der Waals surface area contributed by atoms with Crippen molar-refractivity contribution in [3.05, 3.63) is 41.5 Å². The molecule has 0 fully saturated rings. The predicted octanol–water partition coefficient (Wildman–Crippen LogP) is 4.79. The van der Waals surface area contributed by atoms with Gasteiger partial charge in [0.2, 0.25) is 5.96 Å². The average molecular weight is 444 g/mol. The van der Waals surface area contributed by atoms with Crippen LogP contribution in [0.15, 0.2) is 35.3 Å². The molecule has 0 aliphatic carbocycles. The molecule has 0 spiro atoms. The average Bonchev–Trinajstić information content (AvgIpc) is 2.64. The Morgan fingerprint density at radius 1 is 0.969 bits per heavy atom. The van der Waals surface area contributed by atoms with E-state index >= 15 is 0 Å². The zero-order valence-electron chi connectivity index (χ0n) is 19.9. The van der Waals surface area contributed by atoms with Gasteiger partial charge in [-0.3, -0.25) is 10.1 Å². The number of nitrogens with zero attached hydrogens (tertiary/aromatic N) is 2. The molecule has 1 aliphatic heterocycles. The number of nitrogens with one attached hydrogen (secondary N) is 1. The quantitative estimate of drug-likeness (QED) is 0.401. The van der Waals surface area contributed by atoms with E-state index < -0.39 is 23.4 Å². The van der Waals surface area contributed by atoms with Gasteiger partial charge in [0, 0.05) is 18.7 Å². The van der Waals surface area contributed by atoms with Crippen LogP contribution in [-0.2, 0) is 9.47 Å². The molecule has 2 amide bonds. The molecule has 1 aliphatic rings. The van der Waals surface area contributed by atoms with E-state index in [0.717, 1.165) is 11.1 Å². The lowest BCUT2D eigenvalue weighted by atomic mass is 9.98. The highest BCUT2D eigenvalue weighted by atomic mass is 16.6. The van der Waals surface area contributed by atoms with Gasteiger partial charge < -0.3 is 14.4 Å². The maximum Gasteiger partial charge on any atom is 0.437 e. The van der Waals surface area contributed by atoms with Crippen molar-refractivity contribution < 1.29 is 23.9 Å². The molecular weight excluding hydrogens is 410 g/mol. The first-order valence-electron chi connectivity index (χ1n) is 10.6. The van der Waals surface area contributed by atoms with Crippen LogP contribution in [-0.4, -0.2) is 53.1 Å². The molecule has 8 heteroatoms. The Morgan fingerprint density at radius 2 is 1.56 bits per heavy atom. The number of aliphatic imine (C=N–C) groups is 1. The predicted molar refractivity (Wildman–Crippen MR) is 124 cm³/mol. The van der Waals surface area contributed by atoms with Crippen LogP contribution in [0.3, 0.4) is 0 Å². The molecule has 0 atom stereocenters. The Balaban J connectivity index is 2.19. The van der Waals surface area contributed by atoms with Crippen LogP contribution in [0.25, 0.3) is 5.57 Å². The summed E-state index contributed by atoms with van der Waals surface area (Å²) in [7, 11) is 0. The van der Waals surface area contributed by atoms with Crippen LogP contribution >= 0.6 is 0 Å². The highest BCUT2D eigenvalue weighted by molar-refractivity contribution is 5.99. The topological polar surface area (TPSA) is 97.3 Å². The summed E-state index contributed by atoms with van der Waals surface area (Å²) >= 11 is 0. The molecule has 2 rings (SSSR count). The van der Waals surface area contributed by atoms with Gasteiger partial charge in [0.1, 0.15) is 11.2 Å². The van der Waals surface area contributed by atoms with Gasteiger partial charge in [-0.15, -0.1) is 4.99 Å². The van der Waals surface area contributed by atoms with E-state index in [1.54, 1.807) is 46.4 Å². The number of ether oxygens (including phenoxy) is 2. The van der Waals surface area contributed by atoms with Crippen LogP contribution in [0.2, 0.25) is 0 Å². The highest BCUT2D eigenvalue weighted by Crippen LogP contribution is 2.23. The lowest BCUT2D eigenvalue weighted by Gasteiger charge is -2.30. The van der Waals surface area contributed by atoms with Gasteiger partial charge in [-0.2, -0.15) is 0 Å². The fraction of sp³-hybridized carbons (Fsp3) is 0.500. The van der Waals surface area contributed by atoms with Gasteiger partial charge in [-0.1, -0.05) is 30.3 Å². The fourth-order valence-corrected chi connectivity index (χ4v) is 2.99. The minimum atomic E-state index is -0.793. The molecule has 0 unspecified atom stereocenters. The van der Waals surface area contributed by atoms with Gasteiger partial charge in [0.05, 0.1) is 0 Å². The van der Waals surface area contributed by atoms with Crippen molar-refractivity contribution in [1.82, 2.24) is 10.2 Å². The van der Waals surface area contributed by atoms with E-state index in [9.17, 15) is 14.4 Å². The molecular formula is C24H33N3O5. The van der Waals surface area contributed by atoms with Gasteiger partial charge in [-0.25, -0.2) is 9.59 Å². The van der Waals surface area contributed by atoms with Gasteiger partial charge >= 0.3 is 12.2 Å². The Bertz CT molecular complexity index is 918. The van der Waals surface area contributed by atoms with Crippen molar-refractivity contribution in [2.24, 2.45) is 4.99 Å². The Morgan fingerprint density at radius 3 is 2.03 bits per heavy atom. The van der Waals surface area contributed by atoms with Crippen molar-refractivity contribution in [2.45, 2.75) is 66.1 Å². The fourth-order valence-electron chi connectivity index (χ4n) is 2.99. The molecule has 174 valence electrons. The summed E-state index contributed by atoms with van der Waals surface area (Å²) in [6.07, 6.45) is 1.18. The molecule has 8 nitrogen and oxygen atoms in total. The maximum absolute atomic E-state index is 12.3. The first kappa shape index (κ1) is 25.1. The Hall–Kier alpha value is -3.16. The Labute approximate surface area is 189 Å². The molecule has 1 heterocycles. The molecule has 0 saturated heterocycles. The first-order chi connectivity index (χ1) is 14.7. The van der Waals surface area contributed by atoms with E-state index in [-0.39, 0.29) is 11.7 Å². The van der Waals surface area contributed by atoms with Crippen LogP contribution in [0.4, 0.5) is 9.59 Å². The number of guanidine groups is 1. The number of rotatable bonds is 2. The summed E-state index contributed by atoms with van der Waals surface area (Å²) in [5, 5.41) is 2.58. The number of alkyl carbamates (subject to hydrolysis) is 1. The van der Waals surface area contributed by atoms with Gasteiger partial charge in [-0.05, 0) is 66.0 Å². The van der Waals surface area contributed by atoms with E-state index in [1.807, 2.05) is 30.3 Å². The number of Topliss-reactive ketones (excluding diaryl/α,β-unsaturated/α-hetero) is 1. The summed E-state index contributed by atoms with van der Waals surface area (Å²) < 4.78 is 10.6. The summed E-state index contributed by atoms with van der Waals surface area (Å²) in [5.74, 6) is 0.104. The first-order valence-corrected chi connectivity index (χ1v) is 10.6. The van der Waals surface area contributed by atoms with Crippen molar-refractivity contribution in [1.29, 1.82) is 0 Å². The number of carbonyl (C=O) groups is 3. The third kappa shape index (κ3) is 8.17. The van der Waals surface area contributed by atoms with Crippen molar-refractivity contribution in [3.63, 3.8) is 0 Å². The largest absolute Gasteiger partial charge is 0.444 e. The number of hydrogen-bond acceptors (Lipinski definition) is 5. The Kier molecular flexibility index (Phi) is 7.83. The smallest absolute Gasteiger partial charge is 0.437 e. The zero-order chi connectivity index (χ0) is 24.1. The minimum Gasteiger partial charge on any atom is -0.444 e. The van der Waals surface area contributed by atoms with Gasteiger partial charge in [0.25, 0.3) is 0 Å². The van der Waals surface area contributed by atoms with Crippen LogP contribution in [0.1, 0.15) is 70.8 Å². The summed E-state index contributed by atoms with van der Waals surface area (Å²) in [6.45, 7) is 13.0. The molecule has 0 bridgehead atoms. The van der Waals surface area contributed by atoms with E-state index in [1.165, 1.54) is 6.92 Å². The van der Waals surface area contributed by atoms with E-state index in [4.69, 9.17) is 9.47 Å². The summed E-state index contributed by atoms with van der Waals surface area (Å²) in [5.41, 5.74) is 1.41. The lowest BCUT2D eigenvalue weighted by Crippen LogP contribution is -2.48. The second kappa shape index (κ2) is 9.97. The van der Waals surface area contributed by atoms with Crippen molar-refractivity contribution in [3.8, 4) is 0 Å². The monoisotopic (exact) mass is 443 g/mol. The zero-order valence-corrected chi connectivity index (χ0v) is 19.9. The maximum atomic E-state index is 12.3. The normalized spacial score (nSPS) is 15.0. The SMILES string of the molecule is CC(=O)c1ccc(C2=CCN(/C(=N\C(=O)OC(C)(C)C)NC(=O)OC(C)(C)C)CC2)cc1. The molecule has 0 saturated carbocycles. The summed E-state index contributed by atoms with van der Waals surface area (Å²) in [6, 6.07) is 7.47. The van der Waals surface area contributed by atoms with Crippen LogP contribution in [0, 0.1) is 0 Å². The van der Waals surface area contributed by atoms with Crippen molar-refractivity contribution in [2.75, 3.05) is 13.1 Å². The van der Waals surface area contributed by atoms with Crippen LogP contribution < -0.4 is 5.32 Å². The second-order valence-corrected chi connectivity index (χ2v) is 9.60. The molecule has 1 aromatic rings. The molecule has 1 N–H and O–H groups in total. The van der Waals surface area contributed by atoms with Crippen LogP contribution in [0.5, 0.6) is 0 Å². The number of benzene rings is 1. The number of carbonyl (C=O) groups excluding carboxylic acids is 3. The second-order valence-electron chi connectivity index (χ2n) is 9.60. The summed E-state index contributed by atoms with van der Waals surface area (Å²) in [4.78, 5) is 41.8. The number of amides is 2. The molecule has 0 aromatic heterocycles. The van der Waals surface area contributed by atoms with Crippen molar-refractivity contribution >= 4 is 29.5 Å². The highest BCUT2D eigenvalue weighted by Gasteiger charge is 2.24. The third-order valence-electron chi connectivity index (χ3n) is 4.37. The molecule has 0 radical (unpaired) electrons. The number of ketones is 1. The standard InChI is InChI=1S/C24H33N3O5/c1-16(28)17-8-10-18(11-9-17)19-12-14-27(15-13-19)20(25-21(29)31-23(2,3)4)26-22(30)32-24(5,6)7/h8-12H,13-15H2,1-7H3,(H,25,26,29,30). The third-order valence-corrected chi connectivity index (χ3v) is 4.37. The number of hydrogen-bond donors (Lipinski definition) is 1. The molecule has 1 aromatic carbocycles. The van der Waals surface area contributed by atoms with E-state index in [2.05, 4.69) is 10.3 Å². The van der Waals surface area contributed by atoms with E-state index in [0.29, 0.717) is 25.1 Å².